The van der Waals surface area contributed by atoms with Gasteiger partial charge in [0.1, 0.15) is 11.2 Å². The molecule has 1 saturated carbocycles. The molecule has 2 aromatic rings. The zero-order valence-electron chi connectivity index (χ0n) is 11.6. The Morgan fingerprint density at radius 2 is 2.25 bits per heavy atom. The Hall–Kier alpha value is -1.75. The lowest BCUT2D eigenvalue weighted by molar-refractivity contribution is 0.466. The van der Waals surface area contributed by atoms with Gasteiger partial charge in [-0.25, -0.2) is 9.97 Å². The SMILES string of the molecule is Cc1sc2ncnc(N/N=C3/C[C@H]4C=CC[C@@H]34)c2c1C. The minimum Gasteiger partial charge on any atom is -0.261 e. The molecule has 2 atom stereocenters. The fraction of sp³-hybridized carbons (Fsp3) is 0.400. The Balaban J connectivity index is 1.65. The maximum atomic E-state index is 4.58. The van der Waals surface area contributed by atoms with Crippen molar-refractivity contribution in [1.29, 1.82) is 0 Å². The number of hydrazone groups is 1. The molecule has 20 heavy (non-hydrogen) atoms. The summed E-state index contributed by atoms with van der Waals surface area (Å²) in [7, 11) is 0. The van der Waals surface area contributed by atoms with Crippen LogP contribution in [0.2, 0.25) is 0 Å². The second kappa shape index (κ2) is 4.38. The lowest BCUT2D eigenvalue weighted by atomic mass is 9.74. The quantitative estimate of drug-likeness (QED) is 0.676. The third-order valence-electron chi connectivity index (χ3n) is 4.43. The van der Waals surface area contributed by atoms with Gasteiger partial charge in [0.2, 0.25) is 0 Å². The number of rotatable bonds is 2. The average Bonchev–Trinajstić information content (AvgIpc) is 2.93. The molecule has 0 amide bonds. The van der Waals surface area contributed by atoms with Gasteiger partial charge in [0.05, 0.1) is 5.39 Å². The second-order valence-corrected chi connectivity index (χ2v) is 6.74. The van der Waals surface area contributed by atoms with Gasteiger partial charge >= 0.3 is 0 Å². The van der Waals surface area contributed by atoms with Gasteiger partial charge in [0.15, 0.2) is 5.82 Å². The van der Waals surface area contributed by atoms with Crippen molar-refractivity contribution in [3.8, 4) is 0 Å². The molecule has 4 rings (SSSR count). The summed E-state index contributed by atoms with van der Waals surface area (Å²) in [6, 6.07) is 0. The third kappa shape index (κ3) is 1.69. The molecule has 1 fully saturated rings. The topological polar surface area (TPSA) is 50.2 Å². The fourth-order valence-corrected chi connectivity index (χ4v) is 4.05. The molecule has 1 N–H and O–H groups in total. The summed E-state index contributed by atoms with van der Waals surface area (Å²) in [4.78, 5) is 11.0. The highest BCUT2D eigenvalue weighted by Gasteiger charge is 2.37. The van der Waals surface area contributed by atoms with Crippen molar-refractivity contribution in [2.24, 2.45) is 16.9 Å². The highest BCUT2D eigenvalue weighted by atomic mass is 32.1. The van der Waals surface area contributed by atoms with Gasteiger partial charge in [-0.3, -0.25) is 5.43 Å². The molecule has 2 aromatic heterocycles. The molecule has 2 aliphatic rings. The Kier molecular flexibility index (Phi) is 2.63. The number of nitrogens with one attached hydrogen (secondary N) is 1. The molecule has 5 heteroatoms. The summed E-state index contributed by atoms with van der Waals surface area (Å²) in [5, 5.41) is 5.69. The highest BCUT2D eigenvalue weighted by molar-refractivity contribution is 7.18. The van der Waals surface area contributed by atoms with E-state index in [1.165, 1.54) is 16.2 Å². The zero-order chi connectivity index (χ0) is 13.7. The van der Waals surface area contributed by atoms with Crippen LogP contribution in [0.15, 0.2) is 23.6 Å². The van der Waals surface area contributed by atoms with E-state index in [0.717, 1.165) is 34.8 Å². The van der Waals surface area contributed by atoms with E-state index in [1.54, 1.807) is 17.7 Å². The first-order chi connectivity index (χ1) is 9.74. The van der Waals surface area contributed by atoms with Crippen molar-refractivity contribution in [2.45, 2.75) is 26.7 Å². The lowest BCUT2D eigenvalue weighted by Crippen LogP contribution is -2.33. The summed E-state index contributed by atoms with van der Waals surface area (Å²) in [5.41, 5.74) is 5.70. The number of nitrogens with zero attached hydrogens (tertiary/aromatic N) is 3. The Morgan fingerprint density at radius 3 is 3.10 bits per heavy atom. The molecule has 2 heterocycles. The molecule has 2 aliphatic carbocycles. The standard InChI is InChI=1S/C15H16N4S/c1-8-9(2)20-15-13(8)14(16-7-17-15)19-18-12-6-10-4-3-5-11(10)12/h3-4,7,10-11H,5-6H2,1-2H3,(H,16,17,19)/b18-12-/t10-,11-/m1/s1. The number of fused-ring (bicyclic) bond motifs is 2. The van der Waals surface area contributed by atoms with Crippen LogP contribution in [0.4, 0.5) is 5.82 Å². The van der Waals surface area contributed by atoms with Crippen LogP contribution in [0.5, 0.6) is 0 Å². The van der Waals surface area contributed by atoms with E-state index < -0.39 is 0 Å². The van der Waals surface area contributed by atoms with Crippen molar-refractivity contribution in [2.75, 3.05) is 5.43 Å². The average molecular weight is 284 g/mol. The predicted octanol–water partition coefficient (Wildman–Crippen LogP) is 3.67. The van der Waals surface area contributed by atoms with Crippen LogP contribution in [0.3, 0.4) is 0 Å². The normalized spacial score (nSPS) is 26.0. The summed E-state index contributed by atoms with van der Waals surface area (Å²) in [6.45, 7) is 4.24. The van der Waals surface area contributed by atoms with E-state index in [0.29, 0.717) is 5.92 Å². The second-order valence-electron chi connectivity index (χ2n) is 5.54. The predicted molar refractivity (Wildman–Crippen MR) is 83.3 cm³/mol. The highest BCUT2D eigenvalue weighted by Crippen LogP contribution is 2.40. The molecule has 0 saturated heterocycles. The zero-order valence-corrected chi connectivity index (χ0v) is 12.4. The molecule has 102 valence electrons. The minimum absolute atomic E-state index is 0.630. The summed E-state index contributed by atoms with van der Waals surface area (Å²) in [6.07, 6.45) is 8.43. The maximum absolute atomic E-state index is 4.58. The first-order valence-electron chi connectivity index (χ1n) is 6.94. The Labute approximate surface area is 121 Å². The number of allylic oxidation sites excluding steroid dienone is 2. The summed E-state index contributed by atoms with van der Waals surface area (Å²) < 4.78 is 0. The van der Waals surface area contributed by atoms with Gasteiger partial charge < -0.3 is 0 Å². The first-order valence-corrected chi connectivity index (χ1v) is 7.75. The molecule has 0 radical (unpaired) electrons. The number of thiophene rings is 1. The number of hydrogen-bond acceptors (Lipinski definition) is 5. The summed E-state index contributed by atoms with van der Waals surface area (Å²) in [5.74, 6) is 2.19. The molecular formula is C15H16N4S. The monoisotopic (exact) mass is 284 g/mol. The molecule has 0 aliphatic heterocycles. The van der Waals surface area contributed by atoms with Crippen LogP contribution >= 0.6 is 11.3 Å². The van der Waals surface area contributed by atoms with Crippen LogP contribution in [0.25, 0.3) is 10.2 Å². The largest absolute Gasteiger partial charge is 0.261 e. The van der Waals surface area contributed by atoms with Gasteiger partial charge in [-0.05, 0) is 38.2 Å². The van der Waals surface area contributed by atoms with Crippen molar-refractivity contribution in [3.05, 3.63) is 28.9 Å². The van der Waals surface area contributed by atoms with Crippen molar-refractivity contribution >= 4 is 33.1 Å². The molecule has 0 aromatic carbocycles. The lowest BCUT2D eigenvalue weighted by Gasteiger charge is -2.31. The first kappa shape index (κ1) is 12.0. The Morgan fingerprint density at radius 1 is 1.35 bits per heavy atom. The molecule has 0 bridgehead atoms. The van der Waals surface area contributed by atoms with Crippen LogP contribution in [0, 0.1) is 25.7 Å². The van der Waals surface area contributed by atoms with Gasteiger partial charge in [-0.1, -0.05) is 12.2 Å². The van der Waals surface area contributed by atoms with Gasteiger partial charge in [-0.15, -0.1) is 11.3 Å². The van der Waals surface area contributed by atoms with Crippen LogP contribution in [0.1, 0.15) is 23.3 Å². The van der Waals surface area contributed by atoms with E-state index in [2.05, 4.69) is 46.5 Å². The minimum atomic E-state index is 0.630. The number of aromatic nitrogens is 2. The summed E-state index contributed by atoms with van der Waals surface area (Å²) >= 11 is 1.71. The van der Waals surface area contributed by atoms with E-state index in [-0.39, 0.29) is 0 Å². The van der Waals surface area contributed by atoms with Crippen molar-refractivity contribution in [1.82, 2.24) is 9.97 Å². The van der Waals surface area contributed by atoms with Gasteiger partial charge in [0.25, 0.3) is 0 Å². The van der Waals surface area contributed by atoms with Gasteiger partial charge in [0, 0.05) is 16.5 Å². The van der Waals surface area contributed by atoms with E-state index >= 15 is 0 Å². The third-order valence-corrected chi connectivity index (χ3v) is 5.55. The van der Waals surface area contributed by atoms with Gasteiger partial charge in [-0.2, -0.15) is 5.10 Å². The van der Waals surface area contributed by atoms with E-state index in [4.69, 9.17) is 0 Å². The van der Waals surface area contributed by atoms with E-state index in [1.807, 2.05) is 0 Å². The molecule has 0 spiro atoms. The number of anilines is 1. The van der Waals surface area contributed by atoms with Crippen LogP contribution < -0.4 is 5.43 Å². The van der Waals surface area contributed by atoms with E-state index in [9.17, 15) is 0 Å². The Bertz CT molecular complexity index is 744. The van der Waals surface area contributed by atoms with Crippen molar-refractivity contribution in [3.63, 3.8) is 0 Å². The smallest absolute Gasteiger partial charge is 0.158 e. The number of hydrogen-bond donors (Lipinski definition) is 1. The molecule has 4 nitrogen and oxygen atoms in total. The number of aryl methyl sites for hydroxylation is 2. The van der Waals surface area contributed by atoms with Crippen LogP contribution in [-0.2, 0) is 0 Å². The fourth-order valence-electron chi connectivity index (χ4n) is 3.06. The van der Waals surface area contributed by atoms with Crippen molar-refractivity contribution < 1.29 is 0 Å². The molecular weight excluding hydrogens is 268 g/mol. The molecule has 0 unspecified atom stereocenters. The van der Waals surface area contributed by atoms with Crippen LogP contribution in [-0.4, -0.2) is 15.7 Å². The maximum Gasteiger partial charge on any atom is 0.158 e.